The van der Waals surface area contributed by atoms with Gasteiger partial charge in [-0.3, -0.25) is 4.90 Å². The molecule has 0 radical (unpaired) electrons. The van der Waals surface area contributed by atoms with Crippen LogP contribution in [-0.2, 0) is 0 Å². The Balaban J connectivity index is 0.000000963. The van der Waals surface area contributed by atoms with Crippen LogP contribution in [0, 0.1) is 0 Å². The molecule has 0 spiro atoms. The minimum absolute atomic E-state index is 0. The Bertz CT molecular complexity index is 440. The summed E-state index contributed by atoms with van der Waals surface area (Å²) >= 11 is 6.05. The van der Waals surface area contributed by atoms with Gasteiger partial charge in [-0.05, 0) is 37.1 Å². The quantitative estimate of drug-likeness (QED) is 0.682. The van der Waals surface area contributed by atoms with Crippen molar-refractivity contribution in [2.24, 2.45) is 0 Å². The molecule has 1 aromatic rings. The second-order valence-corrected chi connectivity index (χ2v) is 5.03. The summed E-state index contributed by atoms with van der Waals surface area (Å²) in [5, 5.41) is 0.846. The maximum atomic E-state index is 6.05. The first-order valence-corrected chi connectivity index (χ1v) is 5.81. The number of halogens is 2. The fourth-order valence-electron chi connectivity index (χ4n) is 2.82. The summed E-state index contributed by atoms with van der Waals surface area (Å²) in [5.41, 5.74) is 2.82. The molecule has 1 nitrogen and oxygen atoms in total. The van der Waals surface area contributed by atoms with Gasteiger partial charge in [-0.25, -0.2) is 0 Å². The maximum Gasteiger partial charge on any atom is 0.0547 e. The zero-order chi connectivity index (χ0) is 10.6. The van der Waals surface area contributed by atoms with Crippen LogP contribution in [0.1, 0.15) is 37.1 Å². The van der Waals surface area contributed by atoms with Gasteiger partial charge in [-0.2, -0.15) is 0 Å². The van der Waals surface area contributed by atoms with Crippen LogP contribution in [0.25, 0.3) is 0 Å². The van der Waals surface area contributed by atoms with Crippen molar-refractivity contribution in [3.63, 3.8) is 0 Å². The van der Waals surface area contributed by atoms with Crippen molar-refractivity contribution in [3.8, 4) is 0 Å². The number of fused-ring (bicyclic) bond motifs is 5. The van der Waals surface area contributed by atoms with E-state index in [1.807, 2.05) is 6.07 Å². The Labute approximate surface area is 108 Å². The monoisotopic (exact) mass is 255 g/mol. The van der Waals surface area contributed by atoms with E-state index < -0.39 is 0 Å². The van der Waals surface area contributed by atoms with Gasteiger partial charge in [0.2, 0.25) is 0 Å². The van der Waals surface area contributed by atoms with Gasteiger partial charge >= 0.3 is 0 Å². The summed E-state index contributed by atoms with van der Waals surface area (Å²) < 4.78 is 0. The first-order valence-electron chi connectivity index (χ1n) is 5.43. The molecule has 86 valence electrons. The zero-order valence-corrected chi connectivity index (χ0v) is 10.9. The number of nitrogens with zero attached hydrogens (tertiary/aromatic N) is 1. The largest absolute Gasteiger partial charge is 0.280 e. The normalized spacial score (nSPS) is 26.0. The highest BCUT2D eigenvalue weighted by Gasteiger charge is 2.40. The summed E-state index contributed by atoms with van der Waals surface area (Å²) in [4.78, 5) is 2.53. The third kappa shape index (κ3) is 1.50. The van der Waals surface area contributed by atoms with Crippen molar-refractivity contribution in [2.45, 2.75) is 32.0 Å². The summed E-state index contributed by atoms with van der Waals surface area (Å²) in [6, 6.07) is 7.77. The van der Waals surface area contributed by atoms with Crippen molar-refractivity contribution < 1.29 is 0 Å². The molecule has 0 amide bonds. The molecular formula is C13H15Cl2N. The lowest BCUT2D eigenvalue weighted by Gasteiger charge is -2.26. The van der Waals surface area contributed by atoms with E-state index in [1.54, 1.807) is 0 Å². The fourth-order valence-corrected chi connectivity index (χ4v) is 3.00. The average Bonchev–Trinajstić information content (AvgIpc) is 2.72. The molecule has 2 unspecified atom stereocenters. The van der Waals surface area contributed by atoms with Crippen LogP contribution in [0.15, 0.2) is 30.4 Å². The minimum Gasteiger partial charge on any atom is -0.280 e. The van der Waals surface area contributed by atoms with E-state index in [-0.39, 0.29) is 12.4 Å². The van der Waals surface area contributed by atoms with Crippen LogP contribution in [0.4, 0.5) is 0 Å². The van der Waals surface area contributed by atoms with Crippen LogP contribution in [0.2, 0.25) is 5.02 Å². The lowest BCUT2D eigenvalue weighted by molar-refractivity contribution is 0.188. The number of benzene rings is 1. The first-order chi connectivity index (χ1) is 7.18. The van der Waals surface area contributed by atoms with Gasteiger partial charge < -0.3 is 0 Å². The van der Waals surface area contributed by atoms with Crippen LogP contribution < -0.4 is 0 Å². The first kappa shape index (κ1) is 12.0. The fraction of sp³-hybridized carbons (Fsp3) is 0.385. The smallest absolute Gasteiger partial charge is 0.0547 e. The number of rotatable bonds is 1. The summed E-state index contributed by atoms with van der Waals surface area (Å²) in [6.45, 7) is 4.50. The lowest BCUT2D eigenvalue weighted by atomic mass is 9.97. The molecule has 0 saturated heterocycles. The molecule has 0 N–H and O–H groups in total. The predicted molar refractivity (Wildman–Crippen MR) is 70.3 cm³/mol. The summed E-state index contributed by atoms with van der Waals surface area (Å²) in [5.74, 6) is 0. The topological polar surface area (TPSA) is 3.24 Å². The van der Waals surface area contributed by atoms with Gasteiger partial charge in [0.25, 0.3) is 0 Å². The van der Waals surface area contributed by atoms with Gasteiger partial charge in [-0.1, -0.05) is 29.8 Å². The molecule has 3 rings (SSSR count). The SMILES string of the molecule is CC(C)N1C2C=CC1c1cc(Cl)ccc12.Cl. The lowest BCUT2D eigenvalue weighted by Crippen LogP contribution is -2.27. The molecule has 0 saturated carbocycles. The van der Waals surface area contributed by atoms with Gasteiger partial charge in [0.05, 0.1) is 12.1 Å². The molecule has 2 aliphatic heterocycles. The zero-order valence-electron chi connectivity index (χ0n) is 9.35. The minimum atomic E-state index is 0. The maximum absolute atomic E-state index is 6.05. The molecule has 16 heavy (non-hydrogen) atoms. The molecule has 2 heterocycles. The van der Waals surface area contributed by atoms with E-state index in [0.29, 0.717) is 18.1 Å². The highest BCUT2D eigenvalue weighted by Crippen LogP contribution is 2.49. The molecule has 0 aromatic heterocycles. The van der Waals surface area contributed by atoms with Crippen LogP contribution in [-0.4, -0.2) is 10.9 Å². The Hall–Kier alpha value is -0.500. The molecule has 1 aromatic carbocycles. The standard InChI is InChI=1S/C13H14ClN.ClH/c1-8(2)15-12-5-6-13(15)11-7-9(14)3-4-10(11)12;/h3-8,12-13H,1-2H3;1H. The van der Waals surface area contributed by atoms with Crippen molar-refractivity contribution in [1.82, 2.24) is 4.90 Å². The molecule has 3 heteroatoms. The Morgan fingerprint density at radius 1 is 1.12 bits per heavy atom. The highest BCUT2D eigenvalue weighted by molar-refractivity contribution is 6.30. The van der Waals surface area contributed by atoms with Crippen molar-refractivity contribution in [3.05, 3.63) is 46.5 Å². The Morgan fingerprint density at radius 3 is 2.38 bits per heavy atom. The average molecular weight is 256 g/mol. The van der Waals surface area contributed by atoms with E-state index in [9.17, 15) is 0 Å². The molecule has 0 aliphatic carbocycles. The third-order valence-electron chi connectivity index (χ3n) is 3.40. The van der Waals surface area contributed by atoms with Crippen molar-refractivity contribution in [1.29, 1.82) is 0 Å². The van der Waals surface area contributed by atoms with E-state index in [0.717, 1.165) is 5.02 Å². The highest BCUT2D eigenvalue weighted by atomic mass is 35.5. The second kappa shape index (κ2) is 4.06. The Kier molecular flexibility index (Phi) is 3.04. The molecular weight excluding hydrogens is 241 g/mol. The van der Waals surface area contributed by atoms with Crippen molar-refractivity contribution in [2.75, 3.05) is 0 Å². The van der Waals surface area contributed by atoms with E-state index in [4.69, 9.17) is 11.6 Å². The number of hydrogen-bond acceptors (Lipinski definition) is 1. The molecule has 2 atom stereocenters. The summed E-state index contributed by atoms with van der Waals surface area (Å²) in [6.07, 6.45) is 4.60. The second-order valence-electron chi connectivity index (χ2n) is 4.59. The van der Waals surface area contributed by atoms with Crippen LogP contribution >= 0.6 is 24.0 Å². The van der Waals surface area contributed by atoms with Crippen LogP contribution in [0.5, 0.6) is 0 Å². The number of hydrogen-bond donors (Lipinski definition) is 0. The molecule has 2 aliphatic rings. The summed E-state index contributed by atoms with van der Waals surface area (Å²) in [7, 11) is 0. The third-order valence-corrected chi connectivity index (χ3v) is 3.64. The van der Waals surface area contributed by atoms with Gasteiger partial charge in [0.1, 0.15) is 0 Å². The molecule has 2 bridgehead atoms. The van der Waals surface area contributed by atoms with E-state index >= 15 is 0 Å². The Morgan fingerprint density at radius 2 is 1.75 bits per heavy atom. The molecule has 0 fully saturated rings. The van der Waals surface area contributed by atoms with E-state index in [2.05, 4.69) is 43.0 Å². The van der Waals surface area contributed by atoms with Gasteiger partial charge in [0.15, 0.2) is 0 Å². The van der Waals surface area contributed by atoms with Crippen LogP contribution in [0.3, 0.4) is 0 Å². The van der Waals surface area contributed by atoms with Crippen molar-refractivity contribution >= 4 is 24.0 Å². The predicted octanol–water partition coefficient (Wildman–Crippen LogP) is 4.14. The van der Waals surface area contributed by atoms with Gasteiger partial charge in [-0.15, -0.1) is 12.4 Å². The van der Waals surface area contributed by atoms with Gasteiger partial charge in [0, 0.05) is 11.1 Å². The van der Waals surface area contributed by atoms with E-state index in [1.165, 1.54) is 11.1 Å².